The van der Waals surface area contributed by atoms with Crippen molar-refractivity contribution in [3.05, 3.63) is 6.33 Å². The first-order chi connectivity index (χ1) is 10.2. The Kier molecular flexibility index (Phi) is 6.04. The molecule has 6 nitrogen and oxygen atoms in total. The molecule has 21 heavy (non-hydrogen) atoms. The minimum atomic E-state index is 0.0321. The SMILES string of the molecule is CC(C)Oc1ncnc(NCCOC2CCCCC2)c1N. The largest absolute Gasteiger partial charge is 0.473 e. The molecule has 0 aromatic carbocycles. The van der Waals surface area contributed by atoms with Gasteiger partial charge in [0.1, 0.15) is 12.0 Å². The summed E-state index contributed by atoms with van der Waals surface area (Å²) < 4.78 is 11.4. The smallest absolute Gasteiger partial charge is 0.242 e. The normalized spacial score (nSPS) is 16.1. The molecule has 0 radical (unpaired) electrons. The zero-order valence-corrected chi connectivity index (χ0v) is 13.0. The van der Waals surface area contributed by atoms with Crippen LogP contribution < -0.4 is 15.8 Å². The van der Waals surface area contributed by atoms with Crippen molar-refractivity contribution >= 4 is 11.5 Å². The first-order valence-corrected chi connectivity index (χ1v) is 7.79. The molecule has 6 heteroatoms. The Labute approximate surface area is 126 Å². The number of hydrogen-bond donors (Lipinski definition) is 2. The number of nitrogens with one attached hydrogen (secondary N) is 1. The third-order valence-electron chi connectivity index (χ3n) is 3.49. The number of aromatic nitrogens is 2. The highest BCUT2D eigenvalue weighted by Gasteiger charge is 2.14. The molecule has 0 bridgehead atoms. The minimum Gasteiger partial charge on any atom is -0.473 e. The molecule has 1 aliphatic rings. The molecule has 1 aromatic rings. The van der Waals surface area contributed by atoms with E-state index in [1.54, 1.807) is 0 Å². The van der Waals surface area contributed by atoms with Gasteiger partial charge in [-0.2, -0.15) is 4.98 Å². The van der Waals surface area contributed by atoms with Crippen LogP contribution in [0, 0.1) is 0 Å². The minimum absolute atomic E-state index is 0.0321. The number of nitrogen functional groups attached to an aromatic ring is 1. The average Bonchev–Trinajstić information content (AvgIpc) is 2.48. The van der Waals surface area contributed by atoms with Crippen LogP contribution in [-0.2, 0) is 4.74 Å². The molecule has 1 aliphatic carbocycles. The highest BCUT2D eigenvalue weighted by molar-refractivity contribution is 5.66. The molecule has 118 valence electrons. The van der Waals surface area contributed by atoms with Gasteiger partial charge in [-0.05, 0) is 26.7 Å². The van der Waals surface area contributed by atoms with E-state index in [2.05, 4.69) is 15.3 Å². The first kappa shape index (κ1) is 15.8. The highest BCUT2D eigenvalue weighted by atomic mass is 16.5. The molecule has 1 aromatic heterocycles. The first-order valence-electron chi connectivity index (χ1n) is 7.79. The Morgan fingerprint density at radius 2 is 2.05 bits per heavy atom. The second kappa shape index (κ2) is 8.02. The van der Waals surface area contributed by atoms with Gasteiger partial charge in [-0.3, -0.25) is 0 Å². The summed E-state index contributed by atoms with van der Waals surface area (Å²) in [6, 6.07) is 0. The number of nitrogens with two attached hydrogens (primary N) is 1. The maximum atomic E-state index is 6.00. The van der Waals surface area contributed by atoms with Gasteiger partial charge < -0.3 is 20.5 Å². The molecular formula is C15H26N4O2. The molecule has 1 fully saturated rings. The van der Waals surface area contributed by atoms with Crippen LogP contribution in [0.1, 0.15) is 46.0 Å². The van der Waals surface area contributed by atoms with Crippen LogP contribution in [-0.4, -0.2) is 35.3 Å². The molecule has 0 amide bonds. The second-order valence-electron chi connectivity index (χ2n) is 5.67. The van der Waals surface area contributed by atoms with E-state index in [9.17, 15) is 0 Å². The van der Waals surface area contributed by atoms with Crippen molar-refractivity contribution in [3.8, 4) is 5.88 Å². The Morgan fingerprint density at radius 1 is 1.29 bits per heavy atom. The second-order valence-corrected chi connectivity index (χ2v) is 5.67. The Hall–Kier alpha value is -1.56. The predicted octanol–water partition coefficient (Wildman–Crippen LogP) is 2.61. The number of nitrogens with zero attached hydrogens (tertiary/aromatic N) is 2. The molecule has 3 N–H and O–H groups in total. The van der Waals surface area contributed by atoms with Gasteiger partial charge in [-0.25, -0.2) is 4.98 Å². The van der Waals surface area contributed by atoms with Gasteiger partial charge in [0.15, 0.2) is 5.82 Å². The van der Waals surface area contributed by atoms with Crippen LogP contribution in [0.5, 0.6) is 5.88 Å². The molecule has 2 rings (SSSR count). The molecule has 0 aliphatic heterocycles. The lowest BCUT2D eigenvalue weighted by atomic mass is 9.98. The van der Waals surface area contributed by atoms with Gasteiger partial charge in [0.05, 0.1) is 18.8 Å². The van der Waals surface area contributed by atoms with Crippen molar-refractivity contribution in [3.63, 3.8) is 0 Å². The molecular weight excluding hydrogens is 268 g/mol. The van der Waals surface area contributed by atoms with E-state index in [1.807, 2.05) is 13.8 Å². The number of ether oxygens (including phenoxy) is 2. The number of rotatable bonds is 7. The molecule has 0 unspecified atom stereocenters. The van der Waals surface area contributed by atoms with Gasteiger partial charge in [-0.15, -0.1) is 0 Å². The lowest BCUT2D eigenvalue weighted by Gasteiger charge is -2.22. The monoisotopic (exact) mass is 294 g/mol. The molecule has 0 saturated heterocycles. The fourth-order valence-corrected chi connectivity index (χ4v) is 2.46. The van der Waals surface area contributed by atoms with Crippen molar-refractivity contribution in [2.45, 2.75) is 58.2 Å². The van der Waals surface area contributed by atoms with Crippen LogP contribution in [0.25, 0.3) is 0 Å². The summed E-state index contributed by atoms with van der Waals surface area (Å²) >= 11 is 0. The lowest BCUT2D eigenvalue weighted by molar-refractivity contribution is 0.0347. The van der Waals surface area contributed by atoms with E-state index in [0.717, 1.165) is 0 Å². The zero-order valence-electron chi connectivity index (χ0n) is 13.0. The summed E-state index contributed by atoms with van der Waals surface area (Å²) in [6.45, 7) is 5.21. The van der Waals surface area contributed by atoms with Crippen molar-refractivity contribution in [1.82, 2.24) is 9.97 Å². The highest BCUT2D eigenvalue weighted by Crippen LogP contribution is 2.25. The van der Waals surface area contributed by atoms with Gasteiger partial charge in [0.25, 0.3) is 0 Å². The van der Waals surface area contributed by atoms with Crippen LogP contribution in [0.2, 0.25) is 0 Å². The topological polar surface area (TPSA) is 82.3 Å². The zero-order chi connectivity index (χ0) is 15.1. The Bertz CT molecular complexity index is 434. The van der Waals surface area contributed by atoms with E-state index in [0.29, 0.717) is 36.6 Å². The average molecular weight is 294 g/mol. The Morgan fingerprint density at radius 3 is 2.76 bits per heavy atom. The van der Waals surface area contributed by atoms with Crippen molar-refractivity contribution in [2.24, 2.45) is 0 Å². The summed E-state index contributed by atoms with van der Waals surface area (Å²) in [4.78, 5) is 8.20. The van der Waals surface area contributed by atoms with Crippen molar-refractivity contribution in [1.29, 1.82) is 0 Å². The van der Waals surface area contributed by atoms with Crippen LogP contribution >= 0.6 is 0 Å². The summed E-state index contributed by atoms with van der Waals surface area (Å²) in [6.07, 6.45) is 8.18. The number of hydrogen-bond acceptors (Lipinski definition) is 6. The van der Waals surface area contributed by atoms with Gasteiger partial charge in [0, 0.05) is 6.54 Å². The maximum Gasteiger partial charge on any atom is 0.242 e. The van der Waals surface area contributed by atoms with Crippen LogP contribution in [0.15, 0.2) is 6.33 Å². The summed E-state index contributed by atoms with van der Waals surface area (Å²) in [5.41, 5.74) is 6.45. The quantitative estimate of drug-likeness (QED) is 0.752. The third kappa shape index (κ3) is 5.04. The Balaban J connectivity index is 1.77. The third-order valence-corrected chi connectivity index (χ3v) is 3.49. The van der Waals surface area contributed by atoms with E-state index in [-0.39, 0.29) is 6.10 Å². The van der Waals surface area contributed by atoms with E-state index in [4.69, 9.17) is 15.2 Å². The fraction of sp³-hybridized carbons (Fsp3) is 0.733. The van der Waals surface area contributed by atoms with Crippen LogP contribution in [0.4, 0.5) is 11.5 Å². The molecule has 1 saturated carbocycles. The summed E-state index contributed by atoms with van der Waals surface area (Å²) in [7, 11) is 0. The van der Waals surface area contributed by atoms with E-state index >= 15 is 0 Å². The summed E-state index contributed by atoms with van der Waals surface area (Å²) in [5, 5.41) is 3.19. The van der Waals surface area contributed by atoms with E-state index in [1.165, 1.54) is 38.4 Å². The predicted molar refractivity (Wildman–Crippen MR) is 83.5 cm³/mol. The molecule has 0 spiro atoms. The molecule has 0 atom stereocenters. The van der Waals surface area contributed by atoms with Gasteiger partial charge in [0.2, 0.25) is 5.88 Å². The van der Waals surface area contributed by atoms with Crippen LogP contribution in [0.3, 0.4) is 0 Å². The van der Waals surface area contributed by atoms with Gasteiger partial charge in [-0.1, -0.05) is 19.3 Å². The maximum absolute atomic E-state index is 6.00. The van der Waals surface area contributed by atoms with Crippen molar-refractivity contribution < 1.29 is 9.47 Å². The van der Waals surface area contributed by atoms with E-state index < -0.39 is 0 Å². The lowest BCUT2D eigenvalue weighted by Crippen LogP contribution is -2.21. The standard InChI is InChI=1S/C15H26N4O2/c1-11(2)21-15-13(16)14(18-10-19-15)17-8-9-20-12-6-4-3-5-7-12/h10-12H,3-9,16H2,1-2H3,(H,17,18,19). The van der Waals surface area contributed by atoms with Gasteiger partial charge >= 0.3 is 0 Å². The fourth-order valence-electron chi connectivity index (χ4n) is 2.46. The molecule has 1 heterocycles. The summed E-state index contributed by atoms with van der Waals surface area (Å²) in [5.74, 6) is 1.03. The van der Waals surface area contributed by atoms with Crippen molar-refractivity contribution in [2.75, 3.05) is 24.2 Å². The number of anilines is 2.